The van der Waals surface area contributed by atoms with E-state index in [-0.39, 0.29) is 11.5 Å². The van der Waals surface area contributed by atoms with Gasteiger partial charge < -0.3 is 10.0 Å². The molecule has 0 saturated carbocycles. The molecule has 1 aromatic carbocycles. The third-order valence-corrected chi connectivity index (χ3v) is 3.59. The highest BCUT2D eigenvalue weighted by atomic mass is 16.4. The number of rotatable bonds is 2. The Morgan fingerprint density at radius 1 is 1.35 bits per heavy atom. The molecule has 3 nitrogen and oxygen atoms in total. The molecule has 92 valence electrons. The lowest BCUT2D eigenvalue weighted by Gasteiger charge is -2.46. The molecule has 1 fully saturated rings. The maximum Gasteiger partial charge on any atom is 0.306 e. The standard InChI is InChI=1S/C14H19NO2/c1-14(2)10-11(13(16)17)8-9-15(14)12-6-4-3-5-7-12/h3-7,11H,8-10H2,1-2H3,(H,16,17). The van der Waals surface area contributed by atoms with Crippen molar-refractivity contribution in [3.8, 4) is 0 Å². The first-order valence-corrected chi connectivity index (χ1v) is 6.06. The SMILES string of the molecule is CC1(C)CC(C(=O)O)CCN1c1ccccc1. The lowest BCUT2D eigenvalue weighted by Crippen LogP contribution is -2.51. The minimum atomic E-state index is -0.661. The fourth-order valence-electron chi connectivity index (χ4n) is 2.70. The van der Waals surface area contributed by atoms with Crippen LogP contribution in [0.15, 0.2) is 30.3 Å². The molecule has 0 bridgehead atoms. The fourth-order valence-corrected chi connectivity index (χ4v) is 2.70. The zero-order chi connectivity index (χ0) is 12.5. The van der Waals surface area contributed by atoms with Gasteiger partial charge in [0.15, 0.2) is 0 Å². The van der Waals surface area contributed by atoms with Crippen molar-refractivity contribution in [1.29, 1.82) is 0 Å². The van der Waals surface area contributed by atoms with Gasteiger partial charge in [0.1, 0.15) is 0 Å². The van der Waals surface area contributed by atoms with Crippen molar-refractivity contribution in [3.05, 3.63) is 30.3 Å². The van der Waals surface area contributed by atoms with E-state index in [1.165, 1.54) is 5.69 Å². The van der Waals surface area contributed by atoms with Crippen LogP contribution in [0.2, 0.25) is 0 Å². The maximum absolute atomic E-state index is 11.1. The summed E-state index contributed by atoms with van der Waals surface area (Å²) in [5.41, 5.74) is 1.09. The molecule has 0 spiro atoms. The minimum absolute atomic E-state index is 0.0946. The van der Waals surface area contributed by atoms with Crippen LogP contribution in [-0.2, 0) is 4.79 Å². The molecule has 0 amide bonds. The Morgan fingerprint density at radius 3 is 2.53 bits per heavy atom. The Hall–Kier alpha value is -1.51. The summed E-state index contributed by atoms with van der Waals surface area (Å²) < 4.78 is 0. The Kier molecular flexibility index (Phi) is 3.09. The van der Waals surface area contributed by atoms with E-state index in [0.717, 1.165) is 13.0 Å². The predicted octanol–water partition coefficient (Wildman–Crippen LogP) is 2.77. The highest BCUT2D eigenvalue weighted by Crippen LogP contribution is 2.35. The van der Waals surface area contributed by atoms with Gasteiger partial charge in [-0.15, -0.1) is 0 Å². The Bertz CT molecular complexity index is 400. The van der Waals surface area contributed by atoms with Crippen LogP contribution in [0.1, 0.15) is 26.7 Å². The summed E-state index contributed by atoms with van der Waals surface area (Å²) in [6.45, 7) is 5.05. The van der Waals surface area contributed by atoms with Crippen molar-refractivity contribution in [2.24, 2.45) is 5.92 Å². The van der Waals surface area contributed by atoms with Crippen LogP contribution in [0.4, 0.5) is 5.69 Å². The van der Waals surface area contributed by atoms with Crippen LogP contribution >= 0.6 is 0 Å². The third-order valence-electron chi connectivity index (χ3n) is 3.59. The van der Waals surface area contributed by atoms with Gasteiger partial charge in [0, 0.05) is 17.8 Å². The summed E-state index contributed by atoms with van der Waals surface area (Å²) in [6, 6.07) is 10.2. The minimum Gasteiger partial charge on any atom is -0.481 e. The molecule has 3 heteroatoms. The van der Waals surface area contributed by atoms with Gasteiger partial charge in [-0.3, -0.25) is 4.79 Å². The largest absolute Gasteiger partial charge is 0.481 e. The molecule has 1 atom stereocenters. The number of para-hydroxylation sites is 1. The summed E-state index contributed by atoms with van der Waals surface area (Å²) in [4.78, 5) is 13.4. The predicted molar refractivity (Wildman–Crippen MR) is 68.2 cm³/mol. The van der Waals surface area contributed by atoms with Gasteiger partial charge in [0.05, 0.1) is 5.92 Å². The summed E-state index contributed by atoms with van der Waals surface area (Å²) in [7, 11) is 0. The number of hydrogen-bond acceptors (Lipinski definition) is 2. The van der Waals surface area contributed by atoms with Crippen LogP contribution in [0.5, 0.6) is 0 Å². The van der Waals surface area contributed by atoms with Crippen LogP contribution in [0, 0.1) is 5.92 Å². The third kappa shape index (κ3) is 2.43. The molecule has 1 unspecified atom stereocenters. The molecular weight excluding hydrogens is 214 g/mol. The topological polar surface area (TPSA) is 40.5 Å². The van der Waals surface area contributed by atoms with Gasteiger partial charge in [-0.25, -0.2) is 0 Å². The molecule has 1 N–H and O–H groups in total. The average molecular weight is 233 g/mol. The molecule has 2 rings (SSSR count). The number of anilines is 1. The van der Waals surface area contributed by atoms with E-state index in [9.17, 15) is 4.79 Å². The van der Waals surface area contributed by atoms with Crippen molar-refractivity contribution in [1.82, 2.24) is 0 Å². The molecule has 0 radical (unpaired) electrons. The zero-order valence-corrected chi connectivity index (χ0v) is 10.4. The number of hydrogen-bond donors (Lipinski definition) is 1. The summed E-state index contributed by atoms with van der Waals surface area (Å²) in [6.07, 6.45) is 1.44. The second kappa shape index (κ2) is 4.40. The van der Waals surface area contributed by atoms with Gasteiger partial charge in [0.25, 0.3) is 0 Å². The highest BCUT2D eigenvalue weighted by molar-refractivity contribution is 5.71. The summed E-state index contributed by atoms with van der Waals surface area (Å²) >= 11 is 0. The lowest BCUT2D eigenvalue weighted by atomic mass is 9.82. The second-order valence-corrected chi connectivity index (χ2v) is 5.33. The molecule has 0 aliphatic carbocycles. The van der Waals surface area contributed by atoms with Crippen molar-refractivity contribution >= 4 is 11.7 Å². The average Bonchev–Trinajstić information content (AvgIpc) is 2.28. The van der Waals surface area contributed by atoms with Gasteiger partial charge in [-0.05, 0) is 38.8 Å². The second-order valence-electron chi connectivity index (χ2n) is 5.33. The number of aliphatic carboxylic acids is 1. The first-order valence-electron chi connectivity index (χ1n) is 6.06. The molecule has 1 aliphatic heterocycles. The normalized spacial score (nSPS) is 23.4. The Labute approximate surface area is 102 Å². The lowest BCUT2D eigenvalue weighted by molar-refractivity contribution is -0.143. The number of benzene rings is 1. The van der Waals surface area contributed by atoms with E-state index >= 15 is 0 Å². The van der Waals surface area contributed by atoms with E-state index < -0.39 is 5.97 Å². The molecule has 0 aromatic heterocycles. The van der Waals surface area contributed by atoms with Crippen molar-refractivity contribution in [3.63, 3.8) is 0 Å². The van der Waals surface area contributed by atoms with E-state index in [4.69, 9.17) is 5.11 Å². The van der Waals surface area contributed by atoms with Gasteiger partial charge in [0.2, 0.25) is 0 Å². The van der Waals surface area contributed by atoms with Crippen LogP contribution < -0.4 is 4.90 Å². The maximum atomic E-state index is 11.1. The van der Waals surface area contributed by atoms with Gasteiger partial charge >= 0.3 is 5.97 Å². The monoisotopic (exact) mass is 233 g/mol. The first kappa shape index (κ1) is 12.0. The molecule has 1 heterocycles. The molecular formula is C14H19NO2. The highest BCUT2D eigenvalue weighted by Gasteiger charge is 2.37. The van der Waals surface area contributed by atoms with Crippen molar-refractivity contribution < 1.29 is 9.90 Å². The molecule has 1 saturated heterocycles. The van der Waals surface area contributed by atoms with E-state index in [0.29, 0.717) is 6.42 Å². The van der Waals surface area contributed by atoms with Gasteiger partial charge in [-0.2, -0.15) is 0 Å². The number of nitrogens with zero attached hydrogens (tertiary/aromatic N) is 1. The van der Waals surface area contributed by atoms with Crippen molar-refractivity contribution in [2.75, 3.05) is 11.4 Å². The Balaban J connectivity index is 2.19. The van der Waals surface area contributed by atoms with E-state index in [1.807, 2.05) is 18.2 Å². The quantitative estimate of drug-likeness (QED) is 0.854. The Morgan fingerprint density at radius 2 is 2.00 bits per heavy atom. The van der Waals surface area contributed by atoms with Crippen LogP contribution in [0.3, 0.4) is 0 Å². The molecule has 17 heavy (non-hydrogen) atoms. The summed E-state index contributed by atoms with van der Waals surface area (Å²) in [5.74, 6) is -0.865. The van der Waals surface area contributed by atoms with Gasteiger partial charge in [-0.1, -0.05) is 18.2 Å². The van der Waals surface area contributed by atoms with Crippen molar-refractivity contribution in [2.45, 2.75) is 32.2 Å². The molecule has 1 aromatic rings. The fraction of sp³-hybridized carbons (Fsp3) is 0.500. The zero-order valence-electron chi connectivity index (χ0n) is 10.4. The number of carboxylic acid groups (broad SMARTS) is 1. The number of carboxylic acids is 1. The van der Waals surface area contributed by atoms with E-state index in [2.05, 4.69) is 30.9 Å². The van der Waals surface area contributed by atoms with E-state index in [1.54, 1.807) is 0 Å². The van der Waals surface area contributed by atoms with Crippen LogP contribution in [0.25, 0.3) is 0 Å². The first-order chi connectivity index (χ1) is 8.00. The molecule has 1 aliphatic rings. The smallest absolute Gasteiger partial charge is 0.306 e. The number of piperidine rings is 1. The van der Waals surface area contributed by atoms with Crippen LogP contribution in [-0.4, -0.2) is 23.2 Å². The summed E-state index contributed by atoms with van der Waals surface area (Å²) in [5, 5.41) is 9.11. The number of carbonyl (C=O) groups is 1.